The van der Waals surface area contributed by atoms with Crippen LogP contribution in [0.3, 0.4) is 0 Å². The maximum atomic E-state index is 12.8. The zero-order chi connectivity index (χ0) is 17.4. The summed E-state index contributed by atoms with van der Waals surface area (Å²) >= 11 is 0. The lowest BCUT2D eigenvalue weighted by molar-refractivity contribution is -0.124. The zero-order valence-electron chi connectivity index (χ0n) is 14.1. The number of imide groups is 1. The maximum absolute atomic E-state index is 12.8. The third-order valence-corrected chi connectivity index (χ3v) is 5.35. The summed E-state index contributed by atoms with van der Waals surface area (Å²) in [5.41, 5.74) is 1.36. The smallest absolute Gasteiger partial charge is 0.261 e. The summed E-state index contributed by atoms with van der Waals surface area (Å²) in [6.07, 6.45) is 6.21. The third-order valence-electron chi connectivity index (χ3n) is 5.35. The van der Waals surface area contributed by atoms with Gasteiger partial charge >= 0.3 is 0 Å². The fraction of sp³-hybridized carbons (Fsp3) is 0.526. The van der Waals surface area contributed by atoms with E-state index in [1.807, 2.05) is 0 Å². The molecule has 4 rings (SSSR count). The highest BCUT2D eigenvalue weighted by Gasteiger charge is 2.40. The SMILES string of the molecule is O=C(Nc1ccc2c(c1)C(=O)N(C1CCCCC1)C2=O)[C@H]1CCCO1. The molecule has 1 saturated carbocycles. The van der Waals surface area contributed by atoms with Gasteiger partial charge in [0.1, 0.15) is 6.10 Å². The van der Waals surface area contributed by atoms with E-state index in [9.17, 15) is 14.4 Å². The molecule has 0 aromatic heterocycles. The monoisotopic (exact) mass is 342 g/mol. The van der Waals surface area contributed by atoms with E-state index in [2.05, 4.69) is 5.32 Å². The van der Waals surface area contributed by atoms with E-state index in [1.165, 1.54) is 11.3 Å². The van der Waals surface area contributed by atoms with Gasteiger partial charge in [-0.1, -0.05) is 19.3 Å². The molecule has 132 valence electrons. The van der Waals surface area contributed by atoms with Crippen molar-refractivity contribution in [2.75, 3.05) is 11.9 Å². The summed E-state index contributed by atoms with van der Waals surface area (Å²) in [5, 5.41) is 2.80. The van der Waals surface area contributed by atoms with Gasteiger partial charge in [-0.3, -0.25) is 19.3 Å². The van der Waals surface area contributed by atoms with E-state index in [-0.39, 0.29) is 23.8 Å². The van der Waals surface area contributed by atoms with Crippen molar-refractivity contribution in [1.29, 1.82) is 0 Å². The molecule has 0 radical (unpaired) electrons. The van der Waals surface area contributed by atoms with Gasteiger partial charge in [-0.25, -0.2) is 0 Å². The van der Waals surface area contributed by atoms with Gasteiger partial charge < -0.3 is 10.1 Å². The van der Waals surface area contributed by atoms with Gasteiger partial charge in [0.25, 0.3) is 17.7 Å². The fourth-order valence-corrected chi connectivity index (χ4v) is 4.02. The number of carbonyl (C=O) groups is 3. The lowest BCUT2D eigenvalue weighted by atomic mass is 9.94. The molecule has 1 atom stereocenters. The molecule has 1 N–H and O–H groups in total. The second-order valence-electron chi connectivity index (χ2n) is 7.02. The number of amides is 3. The molecule has 6 nitrogen and oxygen atoms in total. The Morgan fingerprint density at radius 2 is 1.76 bits per heavy atom. The first-order valence-electron chi connectivity index (χ1n) is 9.09. The second kappa shape index (κ2) is 6.59. The van der Waals surface area contributed by atoms with Crippen LogP contribution in [0.25, 0.3) is 0 Å². The first kappa shape index (κ1) is 16.3. The van der Waals surface area contributed by atoms with Crippen LogP contribution >= 0.6 is 0 Å². The molecule has 0 spiro atoms. The number of nitrogens with one attached hydrogen (secondary N) is 1. The van der Waals surface area contributed by atoms with Crippen molar-refractivity contribution in [2.24, 2.45) is 0 Å². The highest BCUT2D eigenvalue weighted by atomic mass is 16.5. The third kappa shape index (κ3) is 2.95. The number of nitrogens with zero attached hydrogens (tertiary/aromatic N) is 1. The van der Waals surface area contributed by atoms with Crippen LogP contribution in [0, 0.1) is 0 Å². The molecule has 2 aliphatic heterocycles. The molecule has 1 aromatic carbocycles. The summed E-state index contributed by atoms with van der Waals surface area (Å²) in [7, 11) is 0. The van der Waals surface area contributed by atoms with Crippen molar-refractivity contribution in [3.63, 3.8) is 0 Å². The first-order valence-corrected chi connectivity index (χ1v) is 9.09. The number of hydrogen-bond donors (Lipinski definition) is 1. The molecule has 1 aliphatic carbocycles. The molecule has 2 heterocycles. The second-order valence-corrected chi connectivity index (χ2v) is 7.02. The Morgan fingerprint density at radius 3 is 2.48 bits per heavy atom. The minimum absolute atomic E-state index is 0.00563. The average Bonchev–Trinajstić information content (AvgIpc) is 3.24. The Morgan fingerprint density at radius 1 is 1.00 bits per heavy atom. The molecule has 3 aliphatic rings. The zero-order valence-corrected chi connectivity index (χ0v) is 14.1. The van der Waals surface area contributed by atoms with E-state index in [0.29, 0.717) is 29.8 Å². The van der Waals surface area contributed by atoms with Crippen molar-refractivity contribution >= 4 is 23.4 Å². The van der Waals surface area contributed by atoms with E-state index in [4.69, 9.17) is 4.74 Å². The molecule has 1 saturated heterocycles. The topological polar surface area (TPSA) is 75.7 Å². The van der Waals surface area contributed by atoms with Crippen molar-refractivity contribution in [2.45, 2.75) is 57.1 Å². The number of anilines is 1. The van der Waals surface area contributed by atoms with Crippen LogP contribution in [0.4, 0.5) is 5.69 Å². The summed E-state index contributed by atoms with van der Waals surface area (Å²) in [5.74, 6) is -0.637. The standard InChI is InChI=1S/C19H22N2O4/c22-17(16-7-4-10-25-16)20-12-8-9-14-15(11-12)19(24)21(18(14)23)13-5-2-1-3-6-13/h8-9,11,13,16H,1-7,10H2,(H,20,22)/t16-/m1/s1. The summed E-state index contributed by atoms with van der Waals surface area (Å²) in [4.78, 5) is 39.0. The van der Waals surface area contributed by atoms with Crippen LogP contribution in [0.15, 0.2) is 18.2 Å². The van der Waals surface area contributed by atoms with Gasteiger partial charge in [0, 0.05) is 18.3 Å². The van der Waals surface area contributed by atoms with Crippen LogP contribution < -0.4 is 5.32 Å². The molecule has 3 amide bonds. The van der Waals surface area contributed by atoms with E-state index < -0.39 is 6.10 Å². The lowest BCUT2D eigenvalue weighted by Gasteiger charge is -2.29. The molecular formula is C19H22N2O4. The Bertz CT molecular complexity index is 718. The predicted octanol–water partition coefficient (Wildman–Crippen LogP) is 2.73. The van der Waals surface area contributed by atoms with Crippen molar-refractivity contribution in [3.05, 3.63) is 29.3 Å². The Balaban J connectivity index is 1.53. The number of benzene rings is 1. The van der Waals surface area contributed by atoms with E-state index in [1.54, 1.807) is 18.2 Å². The van der Waals surface area contributed by atoms with Crippen LogP contribution in [-0.4, -0.2) is 41.4 Å². The van der Waals surface area contributed by atoms with Gasteiger partial charge in [-0.05, 0) is 43.9 Å². The van der Waals surface area contributed by atoms with Crippen molar-refractivity contribution in [3.8, 4) is 0 Å². The molecule has 25 heavy (non-hydrogen) atoms. The molecule has 2 fully saturated rings. The van der Waals surface area contributed by atoms with Crippen LogP contribution in [0.2, 0.25) is 0 Å². The minimum atomic E-state index is -0.427. The first-order chi connectivity index (χ1) is 12.1. The summed E-state index contributed by atoms with van der Waals surface area (Å²) in [6, 6.07) is 4.95. The molecule has 0 bridgehead atoms. The number of ether oxygens (including phenoxy) is 1. The highest BCUT2D eigenvalue weighted by molar-refractivity contribution is 6.22. The van der Waals surface area contributed by atoms with E-state index >= 15 is 0 Å². The Kier molecular flexibility index (Phi) is 4.29. The van der Waals surface area contributed by atoms with Gasteiger partial charge in [-0.15, -0.1) is 0 Å². The molecule has 1 aromatic rings. The van der Waals surface area contributed by atoms with Crippen molar-refractivity contribution < 1.29 is 19.1 Å². The van der Waals surface area contributed by atoms with Crippen molar-refractivity contribution in [1.82, 2.24) is 4.90 Å². The molecule has 0 unspecified atom stereocenters. The maximum Gasteiger partial charge on any atom is 0.261 e. The summed E-state index contributed by atoms with van der Waals surface area (Å²) < 4.78 is 5.37. The van der Waals surface area contributed by atoms with Gasteiger partial charge in [0.05, 0.1) is 11.1 Å². The Labute approximate surface area is 146 Å². The lowest BCUT2D eigenvalue weighted by Crippen LogP contribution is -2.40. The average molecular weight is 342 g/mol. The number of fused-ring (bicyclic) bond motifs is 1. The Hall–Kier alpha value is -2.21. The van der Waals surface area contributed by atoms with Gasteiger partial charge in [0.15, 0.2) is 0 Å². The van der Waals surface area contributed by atoms with Crippen LogP contribution in [0.5, 0.6) is 0 Å². The number of rotatable bonds is 3. The fourth-order valence-electron chi connectivity index (χ4n) is 4.02. The summed E-state index contributed by atoms with van der Waals surface area (Å²) in [6.45, 7) is 0.603. The molecule has 6 heteroatoms. The number of hydrogen-bond acceptors (Lipinski definition) is 4. The van der Waals surface area contributed by atoms with Gasteiger partial charge in [-0.2, -0.15) is 0 Å². The quantitative estimate of drug-likeness (QED) is 0.857. The van der Waals surface area contributed by atoms with Crippen LogP contribution in [0.1, 0.15) is 65.7 Å². The van der Waals surface area contributed by atoms with Gasteiger partial charge in [0.2, 0.25) is 0 Å². The minimum Gasteiger partial charge on any atom is -0.368 e. The number of carbonyl (C=O) groups excluding carboxylic acids is 3. The highest BCUT2D eigenvalue weighted by Crippen LogP contribution is 2.32. The molecular weight excluding hydrogens is 320 g/mol. The largest absolute Gasteiger partial charge is 0.368 e. The normalized spacial score (nSPS) is 23.8. The van der Waals surface area contributed by atoms with Crippen LogP contribution in [-0.2, 0) is 9.53 Å². The van der Waals surface area contributed by atoms with E-state index in [0.717, 1.165) is 32.1 Å². The predicted molar refractivity (Wildman–Crippen MR) is 91.4 cm³/mol.